The van der Waals surface area contributed by atoms with Crippen molar-refractivity contribution >= 4 is 22.4 Å². The van der Waals surface area contributed by atoms with E-state index in [9.17, 15) is 4.79 Å². The van der Waals surface area contributed by atoms with Gasteiger partial charge in [-0.2, -0.15) is 0 Å². The molecule has 3 heteroatoms. The van der Waals surface area contributed by atoms with Gasteiger partial charge < -0.3 is 4.98 Å². The van der Waals surface area contributed by atoms with Crippen LogP contribution in [0.1, 0.15) is 12.5 Å². The van der Waals surface area contributed by atoms with Crippen molar-refractivity contribution < 1.29 is 0 Å². The maximum Gasteiger partial charge on any atom is 0.256 e. The van der Waals surface area contributed by atoms with Gasteiger partial charge in [-0.15, -0.1) is 0 Å². The molecule has 0 bridgehead atoms. The zero-order valence-electron chi connectivity index (χ0n) is 7.80. The van der Waals surface area contributed by atoms with Crippen LogP contribution < -0.4 is 5.56 Å². The molecule has 0 spiro atoms. The number of hydrogen-bond acceptors (Lipinski definition) is 1. The predicted molar refractivity (Wildman–Crippen MR) is 59.0 cm³/mol. The number of nitrogens with one attached hydrogen (secondary N) is 1. The van der Waals surface area contributed by atoms with Gasteiger partial charge in [-0.3, -0.25) is 4.79 Å². The third-order valence-electron chi connectivity index (χ3n) is 2.34. The fourth-order valence-electron chi connectivity index (χ4n) is 1.65. The maximum absolute atomic E-state index is 11.5. The lowest BCUT2D eigenvalue weighted by molar-refractivity contribution is 1.11. The second-order valence-electron chi connectivity index (χ2n) is 3.15. The van der Waals surface area contributed by atoms with Gasteiger partial charge in [-0.1, -0.05) is 36.7 Å². The Kier molecular flexibility index (Phi) is 2.30. The summed E-state index contributed by atoms with van der Waals surface area (Å²) >= 11 is 5.95. The SMILES string of the molecule is CCc1c(Cl)[nH]c(=O)c2ccccc12. The van der Waals surface area contributed by atoms with Crippen LogP contribution >= 0.6 is 11.6 Å². The molecular formula is C11H10ClNO. The zero-order valence-corrected chi connectivity index (χ0v) is 8.56. The largest absolute Gasteiger partial charge is 0.312 e. The van der Waals surface area contributed by atoms with Crippen LogP contribution in [0.5, 0.6) is 0 Å². The summed E-state index contributed by atoms with van der Waals surface area (Å²) in [5.74, 6) is 0. The molecule has 0 atom stereocenters. The van der Waals surface area contributed by atoms with E-state index >= 15 is 0 Å². The van der Waals surface area contributed by atoms with Crippen LogP contribution in [0.3, 0.4) is 0 Å². The van der Waals surface area contributed by atoms with Crippen molar-refractivity contribution in [3.05, 3.63) is 45.3 Å². The molecule has 0 saturated carbocycles. The van der Waals surface area contributed by atoms with E-state index in [1.54, 1.807) is 0 Å². The first-order valence-electron chi connectivity index (χ1n) is 4.53. The van der Waals surface area contributed by atoms with Gasteiger partial charge in [0.2, 0.25) is 0 Å². The number of aromatic amines is 1. The van der Waals surface area contributed by atoms with Crippen LogP contribution in [-0.4, -0.2) is 4.98 Å². The van der Waals surface area contributed by atoms with Crippen molar-refractivity contribution in [3.8, 4) is 0 Å². The first-order chi connectivity index (χ1) is 6.74. The summed E-state index contributed by atoms with van der Waals surface area (Å²) in [4.78, 5) is 14.2. The highest BCUT2D eigenvalue weighted by Gasteiger charge is 2.06. The third kappa shape index (κ3) is 1.32. The molecule has 0 amide bonds. The first kappa shape index (κ1) is 9.28. The summed E-state index contributed by atoms with van der Waals surface area (Å²) < 4.78 is 0. The molecule has 0 aliphatic heterocycles. The van der Waals surface area contributed by atoms with Crippen molar-refractivity contribution in [1.29, 1.82) is 0 Å². The molecule has 2 nitrogen and oxygen atoms in total. The summed E-state index contributed by atoms with van der Waals surface area (Å²) in [5.41, 5.74) is 0.879. The average molecular weight is 208 g/mol. The lowest BCUT2D eigenvalue weighted by Gasteiger charge is -2.05. The number of benzene rings is 1. The van der Waals surface area contributed by atoms with E-state index in [2.05, 4.69) is 4.98 Å². The highest BCUT2D eigenvalue weighted by Crippen LogP contribution is 2.21. The summed E-state index contributed by atoms with van der Waals surface area (Å²) in [5, 5.41) is 2.11. The Balaban J connectivity index is 2.98. The normalized spacial score (nSPS) is 10.7. The predicted octanol–water partition coefficient (Wildman–Crippen LogP) is 2.74. The van der Waals surface area contributed by atoms with Crippen molar-refractivity contribution in [1.82, 2.24) is 4.98 Å². The topological polar surface area (TPSA) is 32.9 Å². The van der Waals surface area contributed by atoms with Crippen LogP contribution in [0.25, 0.3) is 10.8 Å². The molecule has 2 rings (SSSR count). The number of rotatable bonds is 1. The zero-order chi connectivity index (χ0) is 10.1. The molecule has 1 N–H and O–H groups in total. The van der Waals surface area contributed by atoms with E-state index in [1.807, 2.05) is 31.2 Å². The van der Waals surface area contributed by atoms with Crippen LogP contribution in [0.2, 0.25) is 5.15 Å². The Hall–Kier alpha value is -1.28. The van der Waals surface area contributed by atoms with Gasteiger partial charge in [0, 0.05) is 5.39 Å². The summed E-state index contributed by atoms with van der Waals surface area (Å²) in [6, 6.07) is 7.50. The Morgan fingerprint density at radius 1 is 1.29 bits per heavy atom. The Bertz CT molecular complexity index is 530. The minimum absolute atomic E-state index is 0.122. The van der Waals surface area contributed by atoms with Gasteiger partial charge in [-0.25, -0.2) is 0 Å². The van der Waals surface area contributed by atoms with Crippen molar-refractivity contribution in [2.45, 2.75) is 13.3 Å². The Morgan fingerprint density at radius 3 is 2.57 bits per heavy atom. The fraction of sp³-hybridized carbons (Fsp3) is 0.182. The maximum atomic E-state index is 11.5. The second-order valence-corrected chi connectivity index (χ2v) is 3.52. The van der Waals surface area contributed by atoms with Gasteiger partial charge in [0.15, 0.2) is 0 Å². The Labute approximate surface area is 86.5 Å². The van der Waals surface area contributed by atoms with E-state index in [-0.39, 0.29) is 5.56 Å². The van der Waals surface area contributed by atoms with E-state index in [4.69, 9.17) is 11.6 Å². The molecule has 2 aromatic rings. The molecule has 0 aliphatic rings. The third-order valence-corrected chi connectivity index (χ3v) is 2.66. The molecule has 0 aliphatic carbocycles. The lowest BCUT2D eigenvalue weighted by Crippen LogP contribution is -2.08. The molecule has 72 valence electrons. The molecule has 0 saturated heterocycles. The Morgan fingerprint density at radius 2 is 1.93 bits per heavy atom. The number of H-pyrrole nitrogens is 1. The first-order valence-corrected chi connectivity index (χ1v) is 4.91. The smallest absolute Gasteiger partial charge is 0.256 e. The molecule has 1 aromatic heterocycles. The molecule has 0 unspecified atom stereocenters. The monoisotopic (exact) mass is 207 g/mol. The van der Waals surface area contributed by atoms with Gasteiger partial charge in [0.05, 0.1) is 0 Å². The number of pyridine rings is 1. The standard InChI is InChI=1S/C11H10ClNO/c1-2-7-8-5-3-4-6-9(8)11(14)13-10(7)12/h3-6H,2H2,1H3,(H,13,14). The lowest BCUT2D eigenvalue weighted by atomic mass is 10.1. The molecule has 0 fully saturated rings. The van der Waals surface area contributed by atoms with Crippen LogP contribution in [-0.2, 0) is 6.42 Å². The minimum Gasteiger partial charge on any atom is -0.312 e. The fourth-order valence-corrected chi connectivity index (χ4v) is 1.97. The van der Waals surface area contributed by atoms with Gasteiger partial charge in [-0.05, 0) is 23.4 Å². The number of fused-ring (bicyclic) bond motifs is 1. The molecular weight excluding hydrogens is 198 g/mol. The number of aromatic nitrogens is 1. The van der Waals surface area contributed by atoms with E-state index < -0.39 is 0 Å². The minimum atomic E-state index is -0.122. The van der Waals surface area contributed by atoms with Crippen molar-refractivity contribution in [2.75, 3.05) is 0 Å². The van der Waals surface area contributed by atoms with Crippen molar-refractivity contribution in [3.63, 3.8) is 0 Å². The quantitative estimate of drug-likeness (QED) is 0.717. The summed E-state index contributed by atoms with van der Waals surface area (Å²) in [7, 11) is 0. The van der Waals surface area contributed by atoms with Gasteiger partial charge in [0.1, 0.15) is 5.15 Å². The average Bonchev–Trinajstić information content (AvgIpc) is 2.18. The number of hydrogen-bond donors (Lipinski definition) is 1. The highest BCUT2D eigenvalue weighted by molar-refractivity contribution is 6.31. The number of halogens is 1. The van der Waals surface area contributed by atoms with E-state index in [1.165, 1.54) is 0 Å². The second kappa shape index (κ2) is 3.46. The number of aryl methyl sites for hydroxylation is 1. The van der Waals surface area contributed by atoms with E-state index in [0.29, 0.717) is 10.5 Å². The van der Waals surface area contributed by atoms with Gasteiger partial charge >= 0.3 is 0 Å². The molecule has 14 heavy (non-hydrogen) atoms. The highest BCUT2D eigenvalue weighted by atomic mass is 35.5. The van der Waals surface area contributed by atoms with Gasteiger partial charge in [0.25, 0.3) is 5.56 Å². The van der Waals surface area contributed by atoms with E-state index in [0.717, 1.165) is 17.4 Å². The molecule has 1 aromatic carbocycles. The summed E-state index contributed by atoms with van der Waals surface area (Å²) in [6.45, 7) is 2.02. The molecule has 1 heterocycles. The molecule has 0 radical (unpaired) electrons. The summed E-state index contributed by atoms with van der Waals surface area (Å²) in [6.07, 6.45) is 0.816. The van der Waals surface area contributed by atoms with Crippen LogP contribution in [0, 0.1) is 0 Å². The van der Waals surface area contributed by atoms with Crippen LogP contribution in [0.15, 0.2) is 29.1 Å². The van der Waals surface area contributed by atoms with Crippen molar-refractivity contribution in [2.24, 2.45) is 0 Å². The van der Waals surface area contributed by atoms with Crippen LogP contribution in [0.4, 0.5) is 0 Å².